The molecule has 0 aliphatic carbocycles. The second-order valence-corrected chi connectivity index (χ2v) is 2.08. The Hall–Kier alpha value is 4.22. The van der Waals surface area contributed by atoms with Crippen molar-refractivity contribution in [1.82, 2.24) is 0 Å². The molecule has 0 rings (SSSR count). The van der Waals surface area contributed by atoms with Crippen LogP contribution in [0, 0.1) is 198 Å². The number of carboxylic acid groups (broad SMARTS) is 4. The fraction of sp³-hybridized carbons (Fsp3) is 0.500. The van der Waals surface area contributed by atoms with Crippen molar-refractivity contribution in [2.24, 2.45) is 0 Å². The average molecular weight is 848 g/mol. The Morgan fingerprint density at radius 2 is 0.450 bits per heavy atom. The number of hydrogen-bond donors (Lipinski definition) is 4. The summed E-state index contributed by atoms with van der Waals surface area (Å²) in [6, 6.07) is 0. The molecule has 0 unspecified atom stereocenters. The molecular weight excluding hydrogens is 832 g/mol. The predicted molar refractivity (Wildman–Crippen MR) is 53.2 cm³/mol. The van der Waals surface area contributed by atoms with Gasteiger partial charge in [0.05, 0.1) is 0 Å². The van der Waals surface area contributed by atoms with Crippen LogP contribution in [-0.2, 0) is 19.2 Å². The van der Waals surface area contributed by atoms with Crippen molar-refractivity contribution in [3.05, 3.63) is 0 Å². The van der Waals surface area contributed by atoms with Gasteiger partial charge in [0.15, 0.2) is 0 Å². The van der Waals surface area contributed by atoms with Crippen LogP contribution < -0.4 is 0 Å². The van der Waals surface area contributed by atoms with Crippen molar-refractivity contribution >= 4 is 23.9 Å². The zero-order valence-corrected chi connectivity index (χ0v) is 20.6. The minimum Gasteiger partial charge on any atom is -0.481 e. The fourth-order valence-electron chi connectivity index (χ4n) is 0. The number of carboxylic acids is 4. The maximum absolute atomic E-state index is 9.00. The Labute approximate surface area is 280 Å². The van der Waals surface area contributed by atoms with E-state index in [1.165, 1.54) is 0 Å². The molecule has 12 heteroatoms. The maximum Gasteiger partial charge on any atom is 0.300 e. The normalized spacial score (nSPS) is 5.00. The van der Waals surface area contributed by atoms with Crippen molar-refractivity contribution in [2.45, 2.75) is 27.7 Å². The van der Waals surface area contributed by atoms with Crippen LogP contribution in [0.1, 0.15) is 27.7 Å². The van der Waals surface area contributed by atoms with E-state index in [4.69, 9.17) is 39.6 Å². The van der Waals surface area contributed by atoms with E-state index in [0.29, 0.717) is 0 Å². The molecule has 0 aromatic rings. The van der Waals surface area contributed by atoms with Crippen molar-refractivity contribution in [1.29, 1.82) is 0 Å². The molecule has 0 fully saturated rings. The van der Waals surface area contributed by atoms with Gasteiger partial charge in [0.2, 0.25) is 0 Å². The summed E-state index contributed by atoms with van der Waals surface area (Å²) in [4.78, 5) is 36.0. The second kappa shape index (κ2) is 43.6. The summed E-state index contributed by atoms with van der Waals surface area (Å²) in [5.74, 6) is -3.33. The predicted octanol–water partition coefficient (Wildman–Crippen LogP) is 0.364. The number of carbonyl (C=O) groups is 4. The van der Waals surface area contributed by atoms with Gasteiger partial charge in [-0.3, -0.25) is 19.2 Å². The first kappa shape index (κ1) is 49.6. The molecule has 0 saturated heterocycles. The van der Waals surface area contributed by atoms with E-state index in [1.54, 1.807) is 0 Å². The third kappa shape index (κ3) is 562. The van der Waals surface area contributed by atoms with E-state index < -0.39 is 23.9 Å². The molecule has 8 nitrogen and oxygen atoms in total. The van der Waals surface area contributed by atoms with Crippen LogP contribution in [0.25, 0.3) is 0 Å². The van der Waals surface area contributed by atoms with Crippen molar-refractivity contribution in [3.63, 3.8) is 0 Å². The van der Waals surface area contributed by atoms with E-state index >= 15 is 0 Å². The molecule has 0 spiro atoms. The minimum absolute atomic E-state index is 0. The molecule has 0 aliphatic heterocycles. The van der Waals surface area contributed by atoms with Crippen LogP contribution in [0.3, 0.4) is 0 Å². The fourth-order valence-corrected chi connectivity index (χ4v) is 0. The van der Waals surface area contributed by atoms with Crippen LogP contribution in [0.15, 0.2) is 0 Å². The Balaban J connectivity index is -0.0000000150. The van der Waals surface area contributed by atoms with E-state index in [-0.39, 0.29) is 198 Å². The number of hydrogen-bond acceptors (Lipinski definition) is 4. The largest absolute Gasteiger partial charge is 0.481 e. The number of aliphatic carboxylic acids is 4. The summed E-state index contributed by atoms with van der Waals surface area (Å²) < 4.78 is 0. The first-order valence-corrected chi connectivity index (χ1v) is 3.71. The molecule has 0 aromatic carbocycles. The summed E-state index contributed by atoms with van der Waals surface area (Å²) in [5.41, 5.74) is 0. The minimum atomic E-state index is -0.833. The van der Waals surface area contributed by atoms with E-state index in [9.17, 15) is 0 Å². The zero-order valence-electron chi connectivity index (χ0n) is 10.9. The van der Waals surface area contributed by atoms with Crippen LogP contribution in [0.2, 0.25) is 0 Å². The van der Waals surface area contributed by atoms with E-state index in [0.717, 1.165) is 27.7 Å². The van der Waals surface area contributed by atoms with Crippen molar-refractivity contribution < 1.29 is 237 Å². The standard InChI is InChI=1S/4C2H4O2.4Eu/c4*1-2(3)4;;;;/h4*1H3,(H,3,4);;;;. The summed E-state index contributed by atoms with van der Waals surface area (Å²) in [5, 5.41) is 29.7. The Kier molecular flexibility index (Phi) is 108. The van der Waals surface area contributed by atoms with E-state index in [1.807, 2.05) is 0 Å². The van der Waals surface area contributed by atoms with Crippen molar-refractivity contribution in [3.8, 4) is 0 Å². The van der Waals surface area contributed by atoms with E-state index in [2.05, 4.69) is 0 Å². The van der Waals surface area contributed by atoms with Gasteiger partial charge in [-0.15, -0.1) is 0 Å². The van der Waals surface area contributed by atoms with Gasteiger partial charge in [-0.25, -0.2) is 0 Å². The van der Waals surface area contributed by atoms with Gasteiger partial charge in [-0.1, -0.05) is 0 Å². The van der Waals surface area contributed by atoms with Crippen LogP contribution >= 0.6 is 0 Å². The molecule has 124 valence electrons. The molecule has 0 aliphatic rings. The average Bonchev–Trinajstić information content (AvgIpc) is 1.76. The molecule has 0 saturated carbocycles. The monoisotopic (exact) mass is 852 g/mol. The SMILES string of the molecule is CC(=O)O.CC(=O)O.CC(=O)O.CC(=O)O.[Eu].[Eu].[Eu].[Eu]. The zero-order chi connectivity index (χ0) is 14.3. The molecule has 0 amide bonds. The van der Waals surface area contributed by atoms with Gasteiger partial charge < -0.3 is 20.4 Å². The Morgan fingerprint density at radius 1 is 0.450 bits per heavy atom. The molecule has 0 aromatic heterocycles. The maximum atomic E-state index is 9.00. The molecule has 4 radical (unpaired) electrons. The molecule has 20 heavy (non-hydrogen) atoms. The van der Waals surface area contributed by atoms with Crippen molar-refractivity contribution in [2.75, 3.05) is 0 Å². The summed E-state index contributed by atoms with van der Waals surface area (Å²) >= 11 is 0. The van der Waals surface area contributed by atoms with Crippen LogP contribution in [0.4, 0.5) is 0 Å². The summed E-state index contributed by atoms with van der Waals surface area (Å²) in [7, 11) is 0. The summed E-state index contributed by atoms with van der Waals surface area (Å²) in [6.07, 6.45) is 0. The Bertz CT molecular complexity index is 171. The molecular formula is C8H16Eu4O8. The quantitative estimate of drug-likeness (QED) is 0.274. The van der Waals surface area contributed by atoms with Gasteiger partial charge in [0.25, 0.3) is 23.9 Å². The second-order valence-electron chi connectivity index (χ2n) is 2.08. The first-order valence-electron chi connectivity index (χ1n) is 3.71. The van der Waals surface area contributed by atoms with Gasteiger partial charge in [0.1, 0.15) is 0 Å². The van der Waals surface area contributed by atoms with Crippen LogP contribution in [0.5, 0.6) is 0 Å². The summed E-state index contributed by atoms with van der Waals surface area (Å²) in [6.45, 7) is 4.33. The third-order valence-corrected chi connectivity index (χ3v) is 0. The third-order valence-electron chi connectivity index (χ3n) is 0. The van der Waals surface area contributed by atoms with Gasteiger partial charge >= 0.3 is 0 Å². The van der Waals surface area contributed by atoms with Crippen LogP contribution in [-0.4, -0.2) is 44.3 Å². The van der Waals surface area contributed by atoms with Gasteiger partial charge in [-0.2, -0.15) is 0 Å². The Morgan fingerprint density at radius 3 is 0.450 bits per heavy atom. The molecule has 4 N–H and O–H groups in total. The number of rotatable bonds is 0. The molecule has 0 heterocycles. The molecule has 0 atom stereocenters. The topological polar surface area (TPSA) is 149 Å². The molecule has 0 bridgehead atoms. The smallest absolute Gasteiger partial charge is 0.300 e. The van der Waals surface area contributed by atoms with Gasteiger partial charge in [-0.05, 0) is 0 Å². The van der Waals surface area contributed by atoms with Gasteiger partial charge in [0, 0.05) is 225 Å². The first-order chi connectivity index (χ1) is 6.93.